The number of aliphatic carboxylic acids is 1. The molecular weight excluding hydrogens is 158 g/mol. The smallest absolute Gasteiger partial charge is 0.303 e. The third-order valence-electron chi connectivity index (χ3n) is 1.04. The Balaban J connectivity index is 0. The Hall–Kier alpha value is -1.06. The van der Waals surface area contributed by atoms with Crippen LogP contribution >= 0.6 is 0 Å². The van der Waals surface area contributed by atoms with Crippen LogP contribution in [0.4, 0.5) is 0 Å². The third kappa shape index (κ3) is 11.7. The highest BCUT2D eigenvalue weighted by Gasteiger charge is 2.16. The molecule has 1 amide bonds. The van der Waals surface area contributed by atoms with E-state index >= 15 is 0 Å². The molecule has 0 spiro atoms. The number of nitrogens with two attached hydrogens (primary N) is 1. The Morgan fingerprint density at radius 3 is 1.50 bits per heavy atom. The van der Waals surface area contributed by atoms with Crippen LogP contribution in [0.2, 0.25) is 0 Å². The Kier molecular flexibility index (Phi) is 6.28. The molecule has 0 aliphatic rings. The lowest BCUT2D eigenvalue weighted by atomic mass is 9.96. The van der Waals surface area contributed by atoms with Crippen molar-refractivity contribution in [3.63, 3.8) is 0 Å². The van der Waals surface area contributed by atoms with E-state index in [1.165, 1.54) is 0 Å². The predicted octanol–water partition coefficient (Wildman–Crippen LogP) is 0.999. The lowest BCUT2D eigenvalue weighted by Crippen LogP contribution is -2.27. The maximum absolute atomic E-state index is 10.2. The minimum absolute atomic E-state index is 0.222. The number of hydrogen-bond donors (Lipinski definition) is 2. The number of carboxylic acids is 1. The van der Waals surface area contributed by atoms with Crippen molar-refractivity contribution in [2.45, 2.75) is 34.1 Å². The highest BCUT2D eigenvalue weighted by atomic mass is 16.4. The molecule has 0 bridgehead atoms. The predicted molar refractivity (Wildman–Crippen MR) is 46.6 cm³/mol. The largest absolute Gasteiger partial charge is 0.481 e. The first-order chi connectivity index (χ1) is 5.21. The first kappa shape index (κ1) is 13.5. The Morgan fingerprint density at radius 2 is 1.50 bits per heavy atom. The Morgan fingerprint density at radius 1 is 1.33 bits per heavy atom. The van der Waals surface area contributed by atoms with Gasteiger partial charge in [-0.05, 0) is 0 Å². The van der Waals surface area contributed by atoms with E-state index in [1.54, 1.807) is 27.7 Å². The van der Waals surface area contributed by atoms with E-state index in [4.69, 9.17) is 10.8 Å². The molecule has 4 heteroatoms. The van der Waals surface area contributed by atoms with E-state index in [0.29, 0.717) is 0 Å². The summed E-state index contributed by atoms with van der Waals surface area (Å²) in [6.45, 7) is 6.96. The minimum Gasteiger partial charge on any atom is -0.481 e. The summed E-state index contributed by atoms with van der Waals surface area (Å²) in [5, 5.41) is 7.72. The van der Waals surface area contributed by atoms with Gasteiger partial charge >= 0.3 is 5.97 Å². The SMILES string of the molecule is CC(C)(C)C(N)=O.CCC(=O)O. The van der Waals surface area contributed by atoms with Gasteiger partial charge in [-0.1, -0.05) is 27.7 Å². The van der Waals surface area contributed by atoms with E-state index in [1.807, 2.05) is 0 Å². The van der Waals surface area contributed by atoms with Gasteiger partial charge in [0, 0.05) is 11.8 Å². The van der Waals surface area contributed by atoms with E-state index in [0.717, 1.165) is 0 Å². The molecule has 0 saturated carbocycles. The number of primary amides is 1. The summed E-state index contributed by atoms with van der Waals surface area (Å²) in [6.07, 6.45) is 0.222. The molecule has 0 aliphatic carbocycles. The summed E-state index contributed by atoms with van der Waals surface area (Å²) in [5.74, 6) is -1.00. The normalized spacial score (nSPS) is 9.67. The molecule has 0 aromatic rings. The van der Waals surface area contributed by atoms with E-state index in [2.05, 4.69) is 0 Å². The number of carboxylic acid groups (broad SMARTS) is 1. The number of hydrogen-bond acceptors (Lipinski definition) is 2. The second-order valence-corrected chi connectivity index (χ2v) is 3.36. The van der Waals surface area contributed by atoms with Gasteiger partial charge in [-0.3, -0.25) is 9.59 Å². The average molecular weight is 175 g/mol. The van der Waals surface area contributed by atoms with Gasteiger partial charge in [0.15, 0.2) is 0 Å². The first-order valence-electron chi connectivity index (χ1n) is 3.73. The highest BCUT2D eigenvalue weighted by Crippen LogP contribution is 2.09. The summed E-state index contributed by atoms with van der Waals surface area (Å²) < 4.78 is 0. The Labute approximate surface area is 72.8 Å². The fourth-order valence-electron chi connectivity index (χ4n) is 0. The van der Waals surface area contributed by atoms with Crippen molar-refractivity contribution in [3.8, 4) is 0 Å². The molecule has 4 nitrogen and oxygen atoms in total. The molecule has 0 saturated heterocycles. The molecule has 0 aromatic heterocycles. The highest BCUT2D eigenvalue weighted by molar-refractivity contribution is 5.79. The first-order valence-corrected chi connectivity index (χ1v) is 3.73. The monoisotopic (exact) mass is 175 g/mol. The summed E-state index contributed by atoms with van der Waals surface area (Å²) in [6, 6.07) is 0. The van der Waals surface area contributed by atoms with Crippen molar-refractivity contribution >= 4 is 11.9 Å². The van der Waals surface area contributed by atoms with Crippen molar-refractivity contribution in [3.05, 3.63) is 0 Å². The number of carbonyl (C=O) groups is 2. The summed E-state index contributed by atoms with van der Waals surface area (Å²) >= 11 is 0. The topological polar surface area (TPSA) is 80.4 Å². The fraction of sp³-hybridized carbons (Fsp3) is 0.750. The van der Waals surface area contributed by atoms with Crippen LogP contribution in [0.15, 0.2) is 0 Å². The van der Waals surface area contributed by atoms with Crippen LogP contribution in [0.5, 0.6) is 0 Å². The molecule has 0 atom stereocenters. The molecule has 72 valence electrons. The standard InChI is InChI=1S/C5H11NO.C3H6O2/c1-5(2,3)4(6)7;1-2-3(4)5/h1-3H3,(H2,6,7);2H2,1H3,(H,4,5). The van der Waals surface area contributed by atoms with Gasteiger partial charge in [0.2, 0.25) is 5.91 Å². The number of amides is 1. The van der Waals surface area contributed by atoms with Crippen molar-refractivity contribution in [2.24, 2.45) is 11.1 Å². The molecule has 0 radical (unpaired) electrons. The van der Waals surface area contributed by atoms with Crippen LogP contribution in [0.1, 0.15) is 34.1 Å². The number of carbonyl (C=O) groups excluding carboxylic acids is 1. The zero-order chi connectivity index (χ0) is 10.4. The van der Waals surface area contributed by atoms with Gasteiger partial charge in [-0.25, -0.2) is 0 Å². The molecule has 0 fully saturated rings. The van der Waals surface area contributed by atoms with Gasteiger partial charge < -0.3 is 10.8 Å². The molecule has 0 rings (SSSR count). The molecule has 0 unspecified atom stereocenters. The van der Waals surface area contributed by atoms with Crippen molar-refractivity contribution in [1.29, 1.82) is 0 Å². The van der Waals surface area contributed by atoms with Crippen LogP contribution < -0.4 is 5.73 Å². The summed E-state index contributed by atoms with van der Waals surface area (Å²) in [5.41, 5.74) is 4.57. The van der Waals surface area contributed by atoms with Gasteiger partial charge in [0.25, 0.3) is 0 Å². The molecule has 3 N–H and O–H groups in total. The van der Waals surface area contributed by atoms with Crippen LogP contribution in [0.3, 0.4) is 0 Å². The van der Waals surface area contributed by atoms with Crippen molar-refractivity contribution in [2.75, 3.05) is 0 Å². The van der Waals surface area contributed by atoms with Crippen LogP contribution in [-0.2, 0) is 9.59 Å². The molecule has 12 heavy (non-hydrogen) atoms. The van der Waals surface area contributed by atoms with Crippen LogP contribution in [-0.4, -0.2) is 17.0 Å². The molecule has 0 aromatic carbocycles. The second-order valence-electron chi connectivity index (χ2n) is 3.36. The lowest BCUT2D eigenvalue weighted by molar-refractivity contribution is -0.136. The maximum Gasteiger partial charge on any atom is 0.303 e. The van der Waals surface area contributed by atoms with Gasteiger partial charge in [0.1, 0.15) is 0 Å². The number of rotatable bonds is 1. The van der Waals surface area contributed by atoms with E-state index < -0.39 is 5.97 Å². The van der Waals surface area contributed by atoms with Crippen molar-refractivity contribution < 1.29 is 14.7 Å². The third-order valence-corrected chi connectivity index (χ3v) is 1.04. The summed E-state index contributed by atoms with van der Waals surface area (Å²) in [7, 11) is 0. The second kappa shape index (κ2) is 5.57. The van der Waals surface area contributed by atoms with Gasteiger partial charge in [-0.2, -0.15) is 0 Å². The zero-order valence-electron chi connectivity index (χ0n) is 8.05. The van der Waals surface area contributed by atoms with Gasteiger partial charge in [-0.15, -0.1) is 0 Å². The zero-order valence-corrected chi connectivity index (χ0v) is 8.05. The van der Waals surface area contributed by atoms with Crippen LogP contribution in [0, 0.1) is 5.41 Å². The van der Waals surface area contributed by atoms with Gasteiger partial charge in [0.05, 0.1) is 0 Å². The fourth-order valence-corrected chi connectivity index (χ4v) is 0. The van der Waals surface area contributed by atoms with E-state index in [9.17, 15) is 9.59 Å². The molecule has 0 aliphatic heterocycles. The quantitative estimate of drug-likeness (QED) is 0.623. The Bertz CT molecular complexity index is 158. The summed E-state index contributed by atoms with van der Waals surface area (Å²) in [4.78, 5) is 19.6. The maximum atomic E-state index is 10.2. The van der Waals surface area contributed by atoms with E-state index in [-0.39, 0.29) is 17.7 Å². The minimum atomic E-state index is -0.745. The molecule has 0 heterocycles. The van der Waals surface area contributed by atoms with Crippen LogP contribution in [0.25, 0.3) is 0 Å². The molecular formula is C8H17NO3. The van der Waals surface area contributed by atoms with Crippen molar-refractivity contribution in [1.82, 2.24) is 0 Å². The lowest BCUT2D eigenvalue weighted by Gasteiger charge is -2.10. The average Bonchev–Trinajstić information content (AvgIpc) is 1.87.